The Morgan fingerprint density at radius 3 is 2.33 bits per heavy atom. The molecule has 3 N–H and O–H groups in total. The number of carboxylic acid groups (broad SMARTS) is 2. The van der Waals surface area contributed by atoms with Crippen molar-refractivity contribution in [2.45, 2.75) is 12.5 Å². The Labute approximate surface area is 68.2 Å². The molecule has 0 aromatic carbocycles. The van der Waals surface area contributed by atoms with E-state index in [9.17, 15) is 14.4 Å². The van der Waals surface area contributed by atoms with Gasteiger partial charge in [0.15, 0.2) is 0 Å². The lowest BCUT2D eigenvalue weighted by atomic mass is 10.2. The second kappa shape index (κ2) is 5.25. The Balaban J connectivity index is 3.94. The highest BCUT2D eigenvalue weighted by Gasteiger charge is 2.19. The molecule has 0 saturated carbocycles. The highest BCUT2D eigenvalue weighted by molar-refractivity contribution is 5.80. The number of carbonyl (C=O) groups is 3. The normalized spacial score (nSPS) is 12.0. The molecule has 6 heteroatoms. The predicted octanol–water partition coefficient (Wildman–Crippen LogP) is -1.30. The van der Waals surface area contributed by atoms with Gasteiger partial charge in [-0.25, -0.2) is 0 Å². The number of nitrogens with one attached hydrogen (secondary N) is 1. The van der Waals surface area contributed by atoms with Gasteiger partial charge in [0, 0.05) is 0 Å². The van der Waals surface area contributed by atoms with Gasteiger partial charge in [0.2, 0.25) is 0 Å². The SMILES string of the molecule is O=CCN[C@@H](CC(=O)O)C(=O)O. The van der Waals surface area contributed by atoms with E-state index in [1.165, 1.54) is 0 Å². The molecule has 0 aliphatic carbocycles. The van der Waals surface area contributed by atoms with Crippen molar-refractivity contribution in [2.75, 3.05) is 6.54 Å². The molecular weight excluding hydrogens is 166 g/mol. The monoisotopic (exact) mass is 175 g/mol. The second-order valence-corrected chi connectivity index (χ2v) is 2.06. The molecule has 0 aliphatic heterocycles. The van der Waals surface area contributed by atoms with Crippen molar-refractivity contribution in [3.05, 3.63) is 0 Å². The molecule has 0 saturated heterocycles. The molecule has 12 heavy (non-hydrogen) atoms. The molecule has 6 nitrogen and oxygen atoms in total. The van der Waals surface area contributed by atoms with Crippen molar-refractivity contribution in [1.29, 1.82) is 0 Å². The van der Waals surface area contributed by atoms with Gasteiger partial charge in [-0.05, 0) is 0 Å². The molecule has 0 fully saturated rings. The van der Waals surface area contributed by atoms with Crippen LogP contribution in [0.25, 0.3) is 0 Å². The van der Waals surface area contributed by atoms with E-state index >= 15 is 0 Å². The zero-order valence-corrected chi connectivity index (χ0v) is 6.19. The first-order valence-electron chi connectivity index (χ1n) is 3.19. The van der Waals surface area contributed by atoms with Crippen LogP contribution in [-0.2, 0) is 14.4 Å². The fourth-order valence-corrected chi connectivity index (χ4v) is 0.612. The first kappa shape index (κ1) is 10.6. The second-order valence-electron chi connectivity index (χ2n) is 2.06. The van der Waals surface area contributed by atoms with Crippen LogP contribution in [0.3, 0.4) is 0 Å². The van der Waals surface area contributed by atoms with E-state index < -0.39 is 24.4 Å². The summed E-state index contributed by atoms with van der Waals surface area (Å²) in [7, 11) is 0. The van der Waals surface area contributed by atoms with E-state index in [4.69, 9.17) is 10.2 Å². The third kappa shape index (κ3) is 4.40. The van der Waals surface area contributed by atoms with Gasteiger partial charge in [0.05, 0.1) is 13.0 Å². The predicted molar refractivity (Wildman–Crippen MR) is 37.7 cm³/mol. The molecule has 1 atom stereocenters. The van der Waals surface area contributed by atoms with Crippen molar-refractivity contribution >= 4 is 18.2 Å². The zero-order chi connectivity index (χ0) is 9.56. The van der Waals surface area contributed by atoms with Crippen LogP contribution in [0.1, 0.15) is 6.42 Å². The van der Waals surface area contributed by atoms with Crippen molar-refractivity contribution in [3.8, 4) is 0 Å². The van der Waals surface area contributed by atoms with Crippen LogP contribution in [0.15, 0.2) is 0 Å². The fourth-order valence-electron chi connectivity index (χ4n) is 0.612. The number of hydrogen-bond acceptors (Lipinski definition) is 4. The van der Waals surface area contributed by atoms with Gasteiger partial charge in [0.1, 0.15) is 12.3 Å². The summed E-state index contributed by atoms with van der Waals surface area (Å²) in [5.41, 5.74) is 0. The summed E-state index contributed by atoms with van der Waals surface area (Å²) in [6.07, 6.45) is -0.0685. The van der Waals surface area contributed by atoms with Crippen LogP contribution in [-0.4, -0.2) is 41.0 Å². The molecule has 0 radical (unpaired) electrons. The minimum atomic E-state index is -1.28. The quantitative estimate of drug-likeness (QED) is 0.433. The molecule has 0 spiro atoms. The zero-order valence-electron chi connectivity index (χ0n) is 6.19. The van der Waals surface area contributed by atoms with E-state index in [1.54, 1.807) is 0 Å². The average Bonchev–Trinajstić information content (AvgIpc) is 1.96. The molecule has 0 aromatic rings. The van der Waals surface area contributed by atoms with Crippen molar-refractivity contribution < 1.29 is 24.6 Å². The third-order valence-electron chi connectivity index (χ3n) is 1.12. The summed E-state index contributed by atoms with van der Waals surface area (Å²) < 4.78 is 0. The van der Waals surface area contributed by atoms with Crippen LogP contribution in [0, 0.1) is 0 Å². The Kier molecular flexibility index (Phi) is 4.62. The van der Waals surface area contributed by atoms with Gasteiger partial charge in [-0.15, -0.1) is 0 Å². The van der Waals surface area contributed by atoms with Gasteiger partial charge in [0.25, 0.3) is 0 Å². The van der Waals surface area contributed by atoms with Crippen LogP contribution in [0.5, 0.6) is 0 Å². The smallest absolute Gasteiger partial charge is 0.321 e. The van der Waals surface area contributed by atoms with E-state index in [1.807, 2.05) is 0 Å². The molecule has 0 aliphatic rings. The number of aliphatic carboxylic acids is 2. The number of carboxylic acids is 2. The Hall–Kier alpha value is -1.43. The van der Waals surface area contributed by atoms with E-state index in [2.05, 4.69) is 5.32 Å². The molecule has 0 bridgehead atoms. The van der Waals surface area contributed by atoms with Crippen molar-refractivity contribution in [1.82, 2.24) is 5.32 Å². The Bertz CT molecular complexity index is 190. The van der Waals surface area contributed by atoms with Crippen molar-refractivity contribution in [3.63, 3.8) is 0 Å². The molecule has 68 valence electrons. The standard InChI is InChI=1S/C6H9NO5/c8-2-1-7-4(6(11)12)3-5(9)10/h2,4,7H,1,3H2,(H,9,10)(H,11,12)/t4-/m0/s1. The van der Waals surface area contributed by atoms with Gasteiger partial charge < -0.3 is 15.0 Å². The lowest BCUT2D eigenvalue weighted by molar-refractivity contribution is -0.146. The van der Waals surface area contributed by atoms with Gasteiger partial charge in [-0.3, -0.25) is 14.9 Å². The maximum atomic E-state index is 10.3. The summed E-state index contributed by atoms with van der Waals surface area (Å²) in [5, 5.41) is 18.9. The minimum Gasteiger partial charge on any atom is -0.481 e. The molecule has 0 aromatic heterocycles. The van der Waals surface area contributed by atoms with Gasteiger partial charge >= 0.3 is 11.9 Å². The van der Waals surface area contributed by atoms with E-state index in [-0.39, 0.29) is 6.54 Å². The van der Waals surface area contributed by atoms with Crippen LogP contribution >= 0.6 is 0 Å². The first-order valence-corrected chi connectivity index (χ1v) is 3.19. The summed E-state index contributed by atoms with van der Waals surface area (Å²) in [5.74, 6) is -2.50. The Morgan fingerprint density at radius 2 is 2.00 bits per heavy atom. The lowest BCUT2D eigenvalue weighted by Gasteiger charge is -2.08. The summed E-state index contributed by atoms with van der Waals surface area (Å²) in [6.45, 7) is -0.162. The van der Waals surface area contributed by atoms with Crippen LogP contribution < -0.4 is 5.32 Å². The molecule has 0 unspecified atom stereocenters. The molecule has 0 amide bonds. The maximum Gasteiger partial charge on any atom is 0.321 e. The van der Waals surface area contributed by atoms with Gasteiger partial charge in [-0.2, -0.15) is 0 Å². The van der Waals surface area contributed by atoms with Gasteiger partial charge in [-0.1, -0.05) is 0 Å². The fraction of sp³-hybridized carbons (Fsp3) is 0.500. The number of rotatable bonds is 6. The van der Waals surface area contributed by atoms with E-state index in [0.717, 1.165) is 0 Å². The molecule has 0 rings (SSSR count). The minimum absolute atomic E-state index is 0.162. The lowest BCUT2D eigenvalue weighted by Crippen LogP contribution is -2.39. The topological polar surface area (TPSA) is 104 Å². The number of carbonyl (C=O) groups excluding carboxylic acids is 1. The summed E-state index contributed by atoms with van der Waals surface area (Å²) in [6, 6.07) is -1.20. The summed E-state index contributed by atoms with van der Waals surface area (Å²) in [4.78, 5) is 30.2. The number of aldehydes is 1. The number of hydrogen-bond donors (Lipinski definition) is 3. The molecular formula is C6H9NO5. The van der Waals surface area contributed by atoms with E-state index in [0.29, 0.717) is 6.29 Å². The average molecular weight is 175 g/mol. The molecule has 0 heterocycles. The first-order chi connectivity index (χ1) is 5.57. The largest absolute Gasteiger partial charge is 0.481 e. The summed E-state index contributed by atoms with van der Waals surface area (Å²) >= 11 is 0. The highest BCUT2D eigenvalue weighted by atomic mass is 16.4. The maximum absolute atomic E-state index is 10.3. The van der Waals surface area contributed by atoms with Crippen molar-refractivity contribution in [2.24, 2.45) is 0 Å². The van der Waals surface area contributed by atoms with Crippen LogP contribution in [0.2, 0.25) is 0 Å². The third-order valence-corrected chi connectivity index (χ3v) is 1.12. The Morgan fingerprint density at radius 1 is 1.42 bits per heavy atom. The van der Waals surface area contributed by atoms with Crippen LogP contribution in [0.4, 0.5) is 0 Å². The highest BCUT2D eigenvalue weighted by Crippen LogP contribution is 1.91.